The molecule has 0 aliphatic carbocycles. The molecule has 1 amide bonds. The van der Waals surface area contributed by atoms with Crippen molar-refractivity contribution in [2.45, 2.75) is 52.1 Å². The molecule has 182 valence electrons. The Bertz CT molecular complexity index is 1100. The fourth-order valence-electron chi connectivity index (χ4n) is 3.38. The van der Waals surface area contributed by atoms with Gasteiger partial charge in [0.25, 0.3) is 5.91 Å². The van der Waals surface area contributed by atoms with Crippen LogP contribution in [0.3, 0.4) is 0 Å². The molecule has 0 bridgehead atoms. The standard InChI is InChI=1S/C25H28F3N3O3/c1-4-17(2)29-24(32)22-16-34-23(30-22)15-31(14-19-8-6-10-21(12-19)33-3)13-18-7-5-9-20(11-18)25(26,27)28/h5-12,16-17H,4,13-15H2,1-3H3,(H,29,32). The molecule has 0 radical (unpaired) electrons. The Morgan fingerprint density at radius 3 is 2.44 bits per heavy atom. The molecule has 3 rings (SSSR count). The number of rotatable bonds is 10. The zero-order valence-electron chi connectivity index (χ0n) is 19.4. The fraction of sp³-hybridized carbons (Fsp3) is 0.360. The number of halogens is 3. The van der Waals surface area contributed by atoms with Crippen molar-refractivity contribution >= 4 is 5.91 Å². The topological polar surface area (TPSA) is 67.6 Å². The summed E-state index contributed by atoms with van der Waals surface area (Å²) in [4.78, 5) is 18.5. The van der Waals surface area contributed by atoms with Crippen molar-refractivity contribution in [3.63, 3.8) is 0 Å². The van der Waals surface area contributed by atoms with E-state index in [0.717, 1.165) is 24.1 Å². The molecular formula is C25H28F3N3O3. The van der Waals surface area contributed by atoms with Gasteiger partial charge in [-0.1, -0.05) is 37.3 Å². The molecule has 0 aliphatic rings. The maximum atomic E-state index is 13.2. The number of nitrogens with one attached hydrogen (secondary N) is 1. The second-order valence-electron chi connectivity index (χ2n) is 8.10. The van der Waals surface area contributed by atoms with E-state index >= 15 is 0 Å². The molecule has 6 nitrogen and oxygen atoms in total. The van der Waals surface area contributed by atoms with Crippen molar-refractivity contribution in [1.82, 2.24) is 15.2 Å². The molecule has 34 heavy (non-hydrogen) atoms. The minimum Gasteiger partial charge on any atom is -0.497 e. The van der Waals surface area contributed by atoms with Crippen LogP contribution in [0.4, 0.5) is 13.2 Å². The van der Waals surface area contributed by atoms with Crippen LogP contribution in [-0.4, -0.2) is 28.9 Å². The first-order valence-electron chi connectivity index (χ1n) is 10.9. The largest absolute Gasteiger partial charge is 0.497 e. The lowest BCUT2D eigenvalue weighted by Crippen LogP contribution is -2.32. The lowest BCUT2D eigenvalue weighted by molar-refractivity contribution is -0.137. The number of benzene rings is 2. The molecule has 1 N–H and O–H groups in total. The van der Waals surface area contributed by atoms with E-state index < -0.39 is 11.7 Å². The number of hydrogen-bond donors (Lipinski definition) is 1. The quantitative estimate of drug-likeness (QED) is 0.423. The first-order valence-corrected chi connectivity index (χ1v) is 10.9. The van der Waals surface area contributed by atoms with E-state index in [-0.39, 0.29) is 30.7 Å². The van der Waals surface area contributed by atoms with Crippen molar-refractivity contribution in [2.24, 2.45) is 0 Å². The molecule has 1 heterocycles. The van der Waals surface area contributed by atoms with E-state index in [9.17, 15) is 18.0 Å². The Morgan fingerprint density at radius 1 is 1.12 bits per heavy atom. The first-order chi connectivity index (χ1) is 16.2. The van der Waals surface area contributed by atoms with Crippen LogP contribution < -0.4 is 10.1 Å². The van der Waals surface area contributed by atoms with Gasteiger partial charge in [-0.2, -0.15) is 13.2 Å². The monoisotopic (exact) mass is 475 g/mol. The zero-order chi connectivity index (χ0) is 24.7. The molecule has 0 aliphatic heterocycles. The van der Waals surface area contributed by atoms with E-state index in [1.54, 1.807) is 13.2 Å². The Morgan fingerprint density at radius 2 is 1.79 bits per heavy atom. The summed E-state index contributed by atoms with van der Waals surface area (Å²) in [6, 6.07) is 12.7. The predicted octanol–water partition coefficient (Wildman–Crippen LogP) is 5.43. The zero-order valence-corrected chi connectivity index (χ0v) is 19.4. The SMILES string of the molecule is CCC(C)NC(=O)c1coc(CN(Cc2cccc(OC)c2)Cc2cccc(C(F)(F)F)c2)n1. The van der Waals surface area contributed by atoms with E-state index in [1.807, 2.05) is 43.0 Å². The van der Waals surface area contributed by atoms with Crippen molar-refractivity contribution in [1.29, 1.82) is 0 Å². The Labute approximate surface area is 196 Å². The van der Waals surface area contributed by atoms with Crippen LogP contribution in [0, 0.1) is 0 Å². The summed E-state index contributed by atoms with van der Waals surface area (Å²) in [6.45, 7) is 4.68. The maximum Gasteiger partial charge on any atom is 0.416 e. The normalized spacial score (nSPS) is 12.6. The minimum atomic E-state index is -4.42. The molecule has 0 spiro atoms. The fourth-order valence-corrected chi connectivity index (χ4v) is 3.38. The van der Waals surface area contributed by atoms with E-state index in [1.165, 1.54) is 12.3 Å². The number of hydrogen-bond acceptors (Lipinski definition) is 5. The smallest absolute Gasteiger partial charge is 0.416 e. The summed E-state index contributed by atoms with van der Waals surface area (Å²) in [7, 11) is 1.57. The van der Waals surface area contributed by atoms with Crippen LogP contribution in [-0.2, 0) is 25.8 Å². The van der Waals surface area contributed by atoms with Gasteiger partial charge in [0.15, 0.2) is 5.69 Å². The molecule has 0 saturated carbocycles. The van der Waals surface area contributed by atoms with Gasteiger partial charge in [0.1, 0.15) is 12.0 Å². The number of ether oxygens (including phenoxy) is 1. The van der Waals surface area contributed by atoms with E-state index in [2.05, 4.69) is 10.3 Å². The molecule has 0 saturated heterocycles. The molecule has 2 aromatic carbocycles. The molecular weight excluding hydrogens is 447 g/mol. The van der Waals surface area contributed by atoms with Gasteiger partial charge < -0.3 is 14.5 Å². The highest BCUT2D eigenvalue weighted by Crippen LogP contribution is 2.30. The number of carbonyl (C=O) groups is 1. The number of nitrogens with zero attached hydrogens (tertiary/aromatic N) is 2. The average Bonchev–Trinajstić information content (AvgIpc) is 3.27. The van der Waals surface area contributed by atoms with Crippen molar-refractivity contribution < 1.29 is 27.1 Å². The van der Waals surface area contributed by atoms with Crippen LogP contribution in [0.25, 0.3) is 0 Å². The number of methoxy groups -OCH3 is 1. The van der Waals surface area contributed by atoms with Gasteiger partial charge in [0.05, 0.1) is 19.2 Å². The summed E-state index contributed by atoms with van der Waals surface area (Å²) in [5.74, 6) is 0.641. The minimum absolute atomic E-state index is 0.00174. The van der Waals surface area contributed by atoms with E-state index in [4.69, 9.17) is 9.15 Å². The highest BCUT2D eigenvalue weighted by atomic mass is 19.4. The first kappa shape index (κ1) is 25.3. The molecule has 3 aromatic rings. The second kappa shape index (κ2) is 11.2. The predicted molar refractivity (Wildman–Crippen MR) is 121 cm³/mol. The summed E-state index contributed by atoms with van der Waals surface area (Å²) in [5, 5.41) is 2.83. The number of oxazole rings is 1. The highest BCUT2D eigenvalue weighted by Gasteiger charge is 2.30. The summed E-state index contributed by atoms with van der Waals surface area (Å²) >= 11 is 0. The molecule has 1 atom stereocenters. The summed E-state index contributed by atoms with van der Waals surface area (Å²) in [5.41, 5.74) is 0.869. The molecule has 1 aromatic heterocycles. The van der Waals surface area contributed by atoms with Gasteiger partial charge in [-0.05, 0) is 42.7 Å². The lowest BCUT2D eigenvalue weighted by atomic mass is 10.1. The van der Waals surface area contributed by atoms with Crippen LogP contribution in [0.15, 0.2) is 59.2 Å². The van der Waals surface area contributed by atoms with Gasteiger partial charge in [0.2, 0.25) is 5.89 Å². The van der Waals surface area contributed by atoms with Crippen molar-refractivity contribution in [3.05, 3.63) is 83.1 Å². The number of carbonyl (C=O) groups excluding carboxylic acids is 1. The van der Waals surface area contributed by atoms with Gasteiger partial charge >= 0.3 is 6.18 Å². The Hall–Kier alpha value is -3.33. The number of amides is 1. The lowest BCUT2D eigenvalue weighted by Gasteiger charge is -2.22. The van der Waals surface area contributed by atoms with Gasteiger partial charge in [-0.3, -0.25) is 9.69 Å². The number of aromatic nitrogens is 1. The average molecular weight is 476 g/mol. The second-order valence-corrected chi connectivity index (χ2v) is 8.10. The Kier molecular flexibility index (Phi) is 8.33. The van der Waals surface area contributed by atoms with Crippen molar-refractivity contribution in [3.8, 4) is 5.75 Å². The van der Waals surface area contributed by atoms with Gasteiger partial charge in [-0.15, -0.1) is 0 Å². The molecule has 1 unspecified atom stereocenters. The third-order valence-corrected chi connectivity index (χ3v) is 5.33. The van der Waals surface area contributed by atoms with Crippen LogP contribution in [0.2, 0.25) is 0 Å². The van der Waals surface area contributed by atoms with Crippen molar-refractivity contribution in [2.75, 3.05) is 7.11 Å². The van der Waals surface area contributed by atoms with E-state index in [0.29, 0.717) is 23.7 Å². The molecule has 0 fully saturated rings. The Balaban J connectivity index is 1.81. The van der Waals surface area contributed by atoms with Crippen LogP contribution >= 0.6 is 0 Å². The maximum absolute atomic E-state index is 13.2. The van der Waals surface area contributed by atoms with Gasteiger partial charge in [-0.25, -0.2) is 4.98 Å². The van der Waals surface area contributed by atoms with Crippen LogP contribution in [0.1, 0.15) is 53.3 Å². The number of alkyl halides is 3. The summed E-state index contributed by atoms with van der Waals surface area (Å²) in [6.07, 6.45) is -2.35. The highest BCUT2D eigenvalue weighted by molar-refractivity contribution is 5.92. The van der Waals surface area contributed by atoms with Gasteiger partial charge in [0, 0.05) is 19.1 Å². The third kappa shape index (κ3) is 7.08. The summed E-state index contributed by atoms with van der Waals surface area (Å²) < 4.78 is 50.3. The van der Waals surface area contributed by atoms with Crippen LogP contribution in [0.5, 0.6) is 5.75 Å². The third-order valence-electron chi connectivity index (χ3n) is 5.33. The molecule has 9 heteroatoms.